The quantitative estimate of drug-likeness (QED) is 0.380. The first kappa shape index (κ1) is 17.3. The molecule has 0 radical (unpaired) electrons. The Hall–Kier alpha value is -3.57. The largest absolute Gasteiger partial charge is 0.454 e. The summed E-state index contributed by atoms with van der Waals surface area (Å²) in [6, 6.07) is 10.6. The minimum Gasteiger partial charge on any atom is -0.454 e. The van der Waals surface area contributed by atoms with Gasteiger partial charge in [-0.25, -0.2) is 0 Å². The number of rotatable bonds is 4. The van der Waals surface area contributed by atoms with Gasteiger partial charge in [-0.15, -0.1) is 0 Å². The maximum absolute atomic E-state index is 12.3. The van der Waals surface area contributed by atoms with Crippen LogP contribution in [0, 0.1) is 21.4 Å². The fraction of sp³-hybridized carbons (Fsp3) is 0.0588. The molecule has 0 saturated heterocycles. The highest BCUT2D eigenvalue weighted by atomic mass is 35.5. The molecule has 2 aromatic carbocycles. The first-order chi connectivity index (χ1) is 12.5. The van der Waals surface area contributed by atoms with E-state index in [9.17, 15) is 20.2 Å². The normalized spacial score (nSPS) is 12.4. The van der Waals surface area contributed by atoms with E-state index in [-0.39, 0.29) is 29.4 Å². The maximum Gasteiger partial charge on any atom is 0.280 e. The fourth-order valence-corrected chi connectivity index (χ4v) is 2.38. The zero-order valence-corrected chi connectivity index (χ0v) is 13.8. The monoisotopic (exact) mass is 371 g/mol. The van der Waals surface area contributed by atoms with E-state index in [0.717, 1.165) is 6.08 Å². The van der Waals surface area contributed by atoms with E-state index >= 15 is 0 Å². The summed E-state index contributed by atoms with van der Waals surface area (Å²) in [7, 11) is 0. The van der Waals surface area contributed by atoms with Gasteiger partial charge in [-0.2, -0.15) is 5.26 Å². The van der Waals surface area contributed by atoms with Crippen LogP contribution in [0.5, 0.6) is 11.5 Å². The summed E-state index contributed by atoms with van der Waals surface area (Å²) in [5.74, 6) is -0.169. The Morgan fingerprint density at radius 1 is 1.27 bits per heavy atom. The van der Waals surface area contributed by atoms with Crippen molar-refractivity contribution in [1.29, 1.82) is 5.26 Å². The van der Waals surface area contributed by atoms with Crippen LogP contribution >= 0.6 is 11.6 Å². The number of fused-ring (bicyclic) bond motifs is 1. The molecule has 1 aliphatic heterocycles. The molecule has 130 valence electrons. The summed E-state index contributed by atoms with van der Waals surface area (Å²) in [6.45, 7) is -0.0538. The predicted molar refractivity (Wildman–Crippen MR) is 92.9 cm³/mol. The summed E-state index contributed by atoms with van der Waals surface area (Å²) in [6.07, 6.45) is 1.13. The number of nitrogens with one attached hydrogen (secondary N) is 1. The topological polar surface area (TPSA) is 114 Å². The van der Waals surface area contributed by atoms with E-state index in [0.29, 0.717) is 16.5 Å². The smallest absolute Gasteiger partial charge is 0.280 e. The molecule has 1 amide bonds. The van der Waals surface area contributed by atoms with Crippen molar-refractivity contribution in [3.8, 4) is 17.6 Å². The second-order valence-electron chi connectivity index (χ2n) is 5.15. The van der Waals surface area contributed by atoms with E-state index < -0.39 is 10.8 Å². The second-order valence-corrected chi connectivity index (χ2v) is 5.59. The van der Waals surface area contributed by atoms with Crippen LogP contribution in [0.25, 0.3) is 6.08 Å². The highest BCUT2D eigenvalue weighted by molar-refractivity contribution is 6.30. The molecule has 0 spiro atoms. The number of carbonyl (C=O) groups excluding carboxylic acids is 1. The van der Waals surface area contributed by atoms with Crippen LogP contribution in [-0.4, -0.2) is 17.6 Å². The van der Waals surface area contributed by atoms with Crippen LogP contribution in [0.3, 0.4) is 0 Å². The van der Waals surface area contributed by atoms with Crippen LogP contribution in [-0.2, 0) is 4.79 Å². The Kier molecular flexibility index (Phi) is 4.73. The molecule has 0 saturated carbocycles. The van der Waals surface area contributed by atoms with Gasteiger partial charge in [-0.3, -0.25) is 14.9 Å². The number of halogens is 1. The number of ether oxygens (including phenoxy) is 2. The molecule has 0 fully saturated rings. The molecule has 9 heteroatoms. The van der Waals surface area contributed by atoms with E-state index in [1.807, 2.05) is 0 Å². The summed E-state index contributed by atoms with van der Waals surface area (Å²) in [5, 5.41) is 23.6. The molecule has 0 atom stereocenters. The number of nitriles is 1. The van der Waals surface area contributed by atoms with Gasteiger partial charge in [-0.05, 0) is 36.4 Å². The Morgan fingerprint density at radius 3 is 2.54 bits per heavy atom. The molecule has 1 aliphatic rings. The lowest BCUT2D eigenvalue weighted by atomic mass is 10.1. The van der Waals surface area contributed by atoms with Gasteiger partial charge in [0.15, 0.2) is 11.5 Å². The van der Waals surface area contributed by atoms with Crippen molar-refractivity contribution in [2.45, 2.75) is 0 Å². The van der Waals surface area contributed by atoms with Crippen LogP contribution < -0.4 is 14.8 Å². The van der Waals surface area contributed by atoms with E-state index in [1.54, 1.807) is 30.3 Å². The van der Waals surface area contributed by atoms with Gasteiger partial charge in [0.05, 0.1) is 16.6 Å². The molecule has 0 unspecified atom stereocenters. The van der Waals surface area contributed by atoms with Gasteiger partial charge in [0, 0.05) is 10.7 Å². The molecule has 0 aliphatic carbocycles. The zero-order chi connectivity index (χ0) is 18.7. The third-order valence-electron chi connectivity index (χ3n) is 3.49. The summed E-state index contributed by atoms with van der Waals surface area (Å²) in [4.78, 5) is 22.9. The number of carbonyl (C=O) groups is 1. The van der Waals surface area contributed by atoms with Gasteiger partial charge in [0.2, 0.25) is 6.79 Å². The number of anilines is 1. The Morgan fingerprint density at radius 2 is 1.92 bits per heavy atom. The van der Waals surface area contributed by atoms with Crippen molar-refractivity contribution in [3.05, 3.63) is 62.7 Å². The molecule has 26 heavy (non-hydrogen) atoms. The van der Waals surface area contributed by atoms with Gasteiger partial charge < -0.3 is 14.8 Å². The number of hydrogen-bond acceptors (Lipinski definition) is 6. The molecule has 1 N–H and O–H groups in total. The van der Waals surface area contributed by atoms with E-state index in [2.05, 4.69) is 5.32 Å². The van der Waals surface area contributed by atoms with Crippen molar-refractivity contribution < 1.29 is 19.2 Å². The lowest BCUT2D eigenvalue weighted by molar-refractivity contribution is -0.385. The molecular formula is C17H10ClN3O5. The predicted octanol–water partition coefficient (Wildman–Crippen LogP) is 3.52. The summed E-state index contributed by atoms with van der Waals surface area (Å²) in [5.41, 5.74) is -0.119. The molecule has 8 nitrogen and oxygen atoms in total. The van der Waals surface area contributed by atoms with E-state index in [1.165, 1.54) is 12.1 Å². The van der Waals surface area contributed by atoms with Gasteiger partial charge in [0.25, 0.3) is 11.6 Å². The summed E-state index contributed by atoms with van der Waals surface area (Å²) < 4.78 is 10.3. The molecule has 2 aromatic rings. The highest BCUT2D eigenvalue weighted by Gasteiger charge is 2.23. The average Bonchev–Trinajstić information content (AvgIpc) is 3.08. The molecule has 0 bridgehead atoms. The molecular weight excluding hydrogens is 362 g/mol. The van der Waals surface area contributed by atoms with Crippen molar-refractivity contribution in [3.63, 3.8) is 0 Å². The first-order valence-corrected chi connectivity index (χ1v) is 7.62. The minimum atomic E-state index is -0.707. The number of benzene rings is 2. The zero-order valence-electron chi connectivity index (χ0n) is 13.1. The van der Waals surface area contributed by atoms with Crippen LogP contribution in [0.1, 0.15) is 5.56 Å². The highest BCUT2D eigenvalue weighted by Crippen LogP contribution is 2.38. The molecule has 3 rings (SSSR count). The van der Waals surface area contributed by atoms with Crippen molar-refractivity contribution in [2.75, 3.05) is 12.1 Å². The maximum atomic E-state index is 12.3. The summed E-state index contributed by atoms with van der Waals surface area (Å²) >= 11 is 5.78. The van der Waals surface area contributed by atoms with Crippen LogP contribution in [0.2, 0.25) is 5.02 Å². The fourth-order valence-electron chi connectivity index (χ4n) is 2.26. The van der Waals surface area contributed by atoms with Gasteiger partial charge in [-0.1, -0.05) is 11.6 Å². The first-order valence-electron chi connectivity index (χ1n) is 7.24. The SMILES string of the molecule is N#CC(=Cc1cc2c(cc1[N+](=O)[O-])OCO2)C(=O)Nc1ccc(Cl)cc1. The van der Waals surface area contributed by atoms with Gasteiger partial charge >= 0.3 is 0 Å². The van der Waals surface area contributed by atoms with Gasteiger partial charge in [0.1, 0.15) is 11.6 Å². The number of nitro groups is 1. The second kappa shape index (κ2) is 7.13. The minimum absolute atomic E-state index is 0.0538. The van der Waals surface area contributed by atoms with Crippen molar-refractivity contribution >= 4 is 35.0 Å². The average molecular weight is 372 g/mol. The Labute approximate surface area is 152 Å². The number of hydrogen-bond donors (Lipinski definition) is 1. The number of nitro benzene ring substituents is 1. The number of nitrogens with zero attached hydrogens (tertiary/aromatic N) is 2. The third kappa shape index (κ3) is 3.58. The lowest BCUT2D eigenvalue weighted by Gasteiger charge is -2.05. The Balaban J connectivity index is 1.93. The number of amides is 1. The Bertz CT molecular complexity index is 964. The molecule has 0 aromatic heterocycles. The molecule has 1 heterocycles. The third-order valence-corrected chi connectivity index (χ3v) is 3.74. The van der Waals surface area contributed by atoms with Crippen LogP contribution in [0.4, 0.5) is 11.4 Å². The van der Waals surface area contributed by atoms with Crippen molar-refractivity contribution in [2.24, 2.45) is 0 Å². The van der Waals surface area contributed by atoms with Crippen LogP contribution in [0.15, 0.2) is 42.0 Å². The lowest BCUT2D eigenvalue weighted by Crippen LogP contribution is -2.13. The van der Waals surface area contributed by atoms with E-state index in [4.69, 9.17) is 21.1 Å². The standard InChI is InChI=1S/C17H10ClN3O5/c18-12-1-3-13(4-2-12)20-17(22)11(8-19)5-10-6-15-16(26-9-25-15)7-14(10)21(23)24/h1-7H,9H2,(H,20,22). The van der Waals surface area contributed by atoms with Crippen molar-refractivity contribution in [1.82, 2.24) is 0 Å².